The molecular weight excluding hydrogens is 278 g/mol. The normalized spacial score (nSPS) is 12.1. The molecule has 2 aromatic rings. The topological polar surface area (TPSA) is 36.4 Å². The fourth-order valence-corrected chi connectivity index (χ4v) is 2.08. The van der Waals surface area contributed by atoms with Crippen LogP contribution >= 0.6 is 12.2 Å². The van der Waals surface area contributed by atoms with E-state index in [9.17, 15) is 0 Å². The Labute approximate surface area is 131 Å². The number of benzene rings is 2. The van der Waals surface area contributed by atoms with Crippen LogP contribution in [0, 0.1) is 6.92 Å². The molecule has 0 radical (unpaired) electrons. The first-order valence-corrected chi connectivity index (χ1v) is 7.28. The van der Waals surface area contributed by atoms with Crippen LogP contribution in [0.2, 0.25) is 0 Å². The van der Waals surface area contributed by atoms with E-state index in [1.807, 2.05) is 55.6 Å². The molecule has 2 rings (SSSR count). The number of nitrogens with zero attached hydrogens (tertiary/aromatic N) is 1. The molecule has 0 saturated heterocycles. The maximum atomic E-state index is 5.23. The monoisotopic (exact) mass is 297 g/mol. The molecule has 0 heterocycles. The van der Waals surface area contributed by atoms with Crippen LogP contribution < -0.4 is 10.7 Å². The summed E-state index contributed by atoms with van der Waals surface area (Å²) >= 11 is 5.23. The third kappa shape index (κ3) is 4.68. The number of para-hydroxylation sites is 1. The Hall–Kier alpha value is -2.20. The zero-order chi connectivity index (χ0) is 15.1. The van der Waals surface area contributed by atoms with Crippen molar-refractivity contribution in [2.45, 2.75) is 19.8 Å². The van der Waals surface area contributed by atoms with Gasteiger partial charge in [-0.1, -0.05) is 55.5 Å². The highest BCUT2D eigenvalue weighted by molar-refractivity contribution is 7.80. The Kier molecular flexibility index (Phi) is 5.46. The number of hydrogen-bond acceptors (Lipinski definition) is 2. The quantitative estimate of drug-likeness (QED) is 0.507. The van der Waals surface area contributed by atoms with Gasteiger partial charge in [0.1, 0.15) is 0 Å². The minimum absolute atomic E-state index is 0.236. The average molecular weight is 297 g/mol. The second-order valence-corrected chi connectivity index (χ2v) is 5.27. The van der Waals surface area contributed by atoms with Crippen LogP contribution in [-0.4, -0.2) is 11.3 Å². The highest BCUT2D eigenvalue weighted by atomic mass is 32.1. The number of rotatable bonds is 4. The summed E-state index contributed by atoms with van der Waals surface area (Å²) in [5.74, 6) is 0.236. The lowest BCUT2D eigenvalue weighted by Crippen LogP contribution is -2.24. The number of aryl methyl sites for hydroxylation is 1. The Morgan fingerprint density at radius 1 is 1.10 bits per heavy atom. The Morgan fingerprint density at radius 2 is 1.76 bits per heavy atom. The molecule has 0 unspecified atom stereocenters. The third-order valence-electron chi connectivity index (χ3n) is 3.18. The predicted molar refractivity (Wildman–Crippen MR) is 93.9 cm³/mol. The van der Waals surface area contributed by atoms with E-state index < -0.39 is 0 Å². The van der Waals surface area contributed by atoms with Gasteiger partial charge in [-0.3, -0.25) is 5.43 Å². The summed E-state index contributed by atoms with van der Waals surface area (Å²) in [7, 11) is 0. The lowest BCUT2D eigenvalue weighted by molar-refractivity contribution is 0.983. The van der Waals surface area contributed by atoms with Gasteiger partial charge in [-0.25, -0.2) is 0 Å². The van der Waals surface area contributed by atoms with Gasteiger partial charge in [-0.2, -0.15) is 5.10 Å². The van der Waals surface area contributed by atoms with Crippen LogP contribution in [0.15, 0.2) is 59.7 Å². The molecule has 3 nitrogen and oxygen atoms in total. The van der Waals surface area contributed by atoms with E-state index in [0.717, 1.165) is 11.3 Å². The van der Waals surface area contributed by atoms with Crippen molar-refractivity contribution in [3.05, 3.63) is 65.7 Å². The molecular formula is C17H19N3S. The van der Waals surface area contributed by atoms with E-state index in [4.69, 9.17) is 12.2 Å². The van der Waals surface area contributed by atoms with Gasteiger partial charge in [0.15, 0.2) is 5.11 Å². The van der Waals surface area contributed by atoms with Crippen molar-refractivity contribution in [3.8, 4) is 0 Å². The van der Waals surface area contributed by atoms with Crippen LogP contribution in [0.1, 0.15) is 24.0 Å². The lowest BCUT2D eigenvalue weighted by atomic mass is 10.0. The molecule has 1 atom stereocenters. The smallest absolute Gasteiger partial charge is 0.191 e. The molecule has 108 valence electrons. The van der Waals surface area contributed by atoms with Crippen molar-refractivity contribution in [3.63, 3.8) is 0 Å². The zero-order valence-electron chi connectivity index (χ0n) is 12.2. The second-order valence-electron chi connectivity index (χ2n) is 4.86. The van der Waals surface area contributed by atoms with Gasteiger partial charge in [-0.15, -0.1) is 0 Å². The number of hydrazone groups is 1. The van der Waals surface area contributed by atoms with E-state index in [-0.39, 0.29) is 5.92 Å². The van der Waals surface area contributed by atoms with Gasteiger partial charge < -0.3 is 5.32 Å². The zero-order valence-corrected chi connectivity index (χ0v) is 13.0. The molecule has 0 fully saturated rings. The van der Waals surface area contributed by atoms with Crippen molar-refractivity contribution in [1.82, 2.24) is 5.43 Å². The fraction of sp³-hybridized carbons (Fsp3) is 0.176. The molecule has 0 aliphatic carbocycles. The van der Waals surface area contributed by atoms with Gasteiger partial charge >= 0.3 is 0 Å². The molecule has 2 aromatic carbocycles. The lowest BCUT2D eigenvalue weighted by Gasteiger charge is -2.10. The van der Waals surface area contributed by atoms with Gasteiger partial charge in [0.2, 0.25) is 0 Å². The van der Waals surface area contributed by atoms with E-state index in [1.54, 1.807) is 0 Å². The van der Waals surface area contributed by atoms with Crippen LogP contribution in [0.25, 0.3) is 0 Å². The Bertz CT molecular complexity index is 623. The molecule has 0 aliphatic rings. The van der Waals surface area contributed by atoms with Gasteiger partial charge in [-0.05, 0) is 36.3 Å². The molecule has 0 bridgehead atoms. The molecule has 0 saturated carbocycles. The SMILES string of the molecule is Cc1ccccc1NC(=S)N/N=C\[C@H](C)c1ccccc1. The minimum atomic E-state index is 0.236. The summed E-state index contributed by atoms with van der Waals surface area (Å²) in [6.07, 6.45) is 1.85. The molecule has 0 spiro atoms. The second kappa shape index (κ2) is 7.55. The Morgan fingerprint density at radius 3 is 2.48 bits per heavy atom. The highest BCUT2D eigenvalue weighted by Crippen LogP contribution is 2.13. The van der Waals surface area contributed by atoms with Crippen molar-refractivity contribution in [1.29, 1.82) is 0 Å². The van der Waals surface area contributed by atoms with E-state index in [2.05, 4.69) is 34.9 Å². The maximum Gasteiger partial charge on any atom is 0.191 e. The first-order chi connectivity index (χ1) is 10.2. The highest BCUT2D eigenvalue weighted by Gasteiger charge is 2.01. The number of hydrogen-bond donors (Lipinski definition) is 2. The molecule has 2 N–H and O–H groups in total. The molecule has 0 amide bonds. The number of anilines is 1. The van der Waals surface area contributed by atoms with E-state index in [1.165, 1.54) is 5.56 Å². The van der Waals surface area contributed by atoms with Crippen LogP contribution in [0.5, 0.6) is 0 Å². The van der Waals surface area contributed by atoms with Crippen molar-refractivity contribution >= 4 is 29.2 Å². The summed E-state index contributed by atoms with van der Waals surface area (Å²) in [6, 6.07) is 18.2. The summed E-state index contributed by atoms with van der Waals surface area (Å²) in [5.41, 5.74) is 6.20. The molecule has 0 aromatic heterocycles. The first-order valence-electron chi connectivity index (χ1n) is 6.87. The van der Waals surface area contributed by atoms with Crippen molar-refractivity contribution < 1.29 is 0 Å². The first kappa shape index (κ1) is 15.2. The van der Waals surface area contributed by atoms with E-state index >= 15 is 0 Å². The van der Waals surface area contributed by atoms with Gasteiger partial charge in [0, 0.05) is 17.8 Å². The van der Waals surface area contributed by atoms with Crippen molar-refractivity contribution in [2.75, 3.05) is 5.32 Å². The van der Waals surface area contributed by atoms with E-state index in [0.29, 0.717) is 5.11 Å². The summed E-state index contributed by atoms with van der Waals surface area (Å²) in [4.78, 5) is 0. The molecule has 0 aliphatic heterocycles. The van der Waals surface area contributed by atoms with Gasteiger partial charge in [0.25, 0.3) is 0 Å². The van der Waals surface area contributed by atoms with Crippen molar-refractivity contribution in [2.24, 2.45) is 5.10 Å². The fourth-order valence-electron chi connectivity index (χ4n) is 1.91. The maximum absolute atomic E-state index is 5.23. The number of nitrogens with one attached hydrogen (secondary N) is 2. The predicted octanol–water partition coefficient (Wildman–Crippen LogP) is 4.07. The van der Waals surface area contributed by atoms with Crippen LogP contribution in [-0.2, 0) is 0 Å². The summed E-state index contributed by atoms with van der Waals surface area (Å²) < 4.78 is 0. The summed E-state index contributed by atoms with van der Waals surface area (Å²) in [5, 5.41) is 7.81. The van der Waals surface area contributed by atoms with Gasteiger partial charge in [0.05, 0.1) is 0 Å². The van der Waals surface area contributed by atoms with Crippen LogP contribution in [0.3, 0.4) is 0 Å². The number of thiocarbonyl (C=S) groups is 1. The van der Waals surface area contributed by atoms with Crippen LogP contribution in [0.4, 0.5) is 5.69 Å². The summed E-state index contributed by atoms with van der Waals surface area (Å²) in [6.45, 7) is 4.13. The average Bonchev–Trinajstić information content (AvgIpc) is 2.50. The Balaban J connectivity index is 1.87. The molecule has 21 heavy (non-hydrogen) atoms. The largest absolute Gasteiger partial charge is 0.331 e. The third-order valence-corrected chi connectivity index (χ3v) is 3.38. The minimum Gasteiger partial charge on any atom is -0.331 e. The molecule has 4 heteroatoms. The standard InChI is InChI=1S/C17H19N3S/c1-13-8-6-7-11-16(13)19-17(21)20-18-12-14(2)15-9-4-3-5-10-15/h3-12,14H,1-2H3,(H2,19,20,21)/b18-12-/t14-/m0/s1.